The average molecular weight is 492 g/mol. The summed E-state index contributed by atoms with van der Waals surface area (Å²) in [6, 6.07) is 13.3. The summed E-state index contributed by atoms with van der Waals surface area (Å²) in [5.41, 5.74) is 3.61. The van der Waals surface area contributed by atoms with Gasteiger partial charge in [0.1, 0.15) is 18.1 Å². The number of nitro benzene ring substituents is 1. The molecule has 0 saturated carbocycles. The van der Waals surface area contributed by atoms with Crippen molar-refractivity contribution in [2.45, 2.75) is 20.8 Å². The topological polar surface area (TPSA) is 123 Å². The highest BCUT2D eigenvalue weighted by molar-refractivity contribution is 8.18. The van der Waals surface area contributed by atoms with Crippen LogP contribution < -0.4 is 5.32 Å². The zero-order valence-corrected chi connectivity index (χ0v) is 20.0. The van der Waals surface area contributed by atoms with Gasteiger partial charge in [-0.15, -0.1) is 0 Å². The standard InChI is InChI=1S/C25H21N3O6S/c1-14-4-8-19(20(10-14)28(32)33)21-9-7-18(34-21)12-22-24(30)27(25(31)35-22)13-23(29)26-17-6-5-15(2)16(3)11-17/h4-12H,13H2,1-3H3,(H,26,29)/b22-12+. The number of nitro groups is 1. The van der Waals surface area contributed by atoms with Crippen molar-refractivity contribution < 1.29 is 23.7 Å². The molecule has 0 radical (unpaired) electrons. The molecule has 1 aliphatic heterocycles. The van der Waals surface area contributed by atoms with E-state index in [1.807, 2.05) is 26.0 Å². The van der Waals surface area contributed by atoms with Crippen molar-refractivity contribution in [1.29, 1.82) is 0 Å². The van der Waals surface area contributed by atoms with Crippen LogP contribution in [0.25, 0.3) is 17.4 Å². The fourth-order valence-electron chi connectivity index (χ4n) is 3.51. The van der Waals surface area contributed by atoms with Crippen molar-refractivity contribution >= 4 is 46.3 Å². The van der Waals surface area contributed by atoms with E-state index in [1.54, 1.807) is 37.3 Å². The molecule has 2 aromatic carbocycles. The third-order valence-electron chi connectivity index (χ3n) is 5.48. The summed E-state index contributed by atoms with van der Waals surface area (Å²) in [6.45, 7) is 5.21. The minimum atomic E-state index is -0.616. The summed E-state index contributed by atoms with van der Waals surface area (Å²) < 4.78 is 5.71. The summed E-state index contributed by atoms with van der Waals surface area (Å²) >= 11 is 0.695. The first-order valence-corrected chi connectivity index (χ1v) is 11.4. The number of nitrogens with zero attached hydrogens (tertiary/aromatic N) is 2. The van der Waals surface area contributed by atoms with Crippen LogP contribution in [-0.4, -0.2) is 33.4 Å². The maximum Gasteiger partial charge on any atom is 0.294 e. The number of thioether (sulfide) groups is 1. The number of carbonyl (C=O) groups is 3. The predicted octanol–water partition coefficient (Wildman–Crippen LogP) is 5.46. The number of furan rings is 1. The molecule has 2 heterocycles. The van der Waals surface area contributed by atoms with Gasteiger partial charge in [-0.25, -0.2) is 0 Å². The monoisotopic (exact) mass is 491 g/mol. The molecule has 0 unspecified atom stereocenters. The Hall–Kier alpha value is -4.18. The Morgan fingerprint density at radius 2 is 1.86 bits per heavy atom. The van der Waals surface area contributed by atoms with E-state index in [0.717, 1.165) is 21.6 Å². The van der Waals surface area contributed by atoms with Crippen molar-refractivity contribution in [3.63, 3.8) is 0 Å². The fraction of sp³-hybridized carbons (Fsp3) is 0.160. The molecule has 3 aromatic rings. The maximum atomic E-state index is 12.8. The lowest BCUT2D eigenvalue weighted by atomic mass is 10.1. The zero-order chi connectivity index (χ0) is 25.3. The number of carbonyl (C=O) groups excluding carboxylic acids is 3. The van der Waals surface area contributed by atoms with Crippen LogP contribution in [0.4, 0.5) is 16.2 Å². The summed E-state index contributed by atoms with van der Waals surface area (Å²) in [6.07, 6.45) is 1.38. The van der Waals surface area contributed by atoms with Gasteiger partial charge in [0.25, 0.3) is 16.8 Å². The molecule has 1 N–H and O–H groups in total. The largest absolute Gasteiger partial charge is 0.456 e. The lowest BCUT2D eigenvalue weighted by molar-refractivity contribution is -0.384. The first-order chi connectivity index (χ1) is 16.6. The van der Waals surface area contributed by atoms with Gasteiger partial charge in [-0.3, -0.25) is 29.4 Å². The van der Waals surface area contributed by atoms with Crippen LogP contribution in [0.3, 0.4) is 0 Å². The highest BCUT2D eigenvalue weighted by atomic mass is 32.2. The van der Waals surface area contributed by atoms with E-state index in [9.17, 15) is 24.5 Å². The Morgan fingerprint density at radius 1 is 1.09 bits per heavy atom. The van der Waals surface area contributed by atoms with Gasteiger partial charge < -0.3 is 9.73 Å². The number of rotatable bonds is 6. The zero-order valence-electron chi connectivity index (χ0n) is 19.2. The maximum absolute atomic E-state index is 12.8. The molecular formula is C25H21N3O6S. The second kappa shape index (κ2) is 9.59. The quantitative estimate of drug-likeness (QED) is 0.276. The molecule has 1 saturated heterocycles. The van der Waals surface area contributed by atoms with E-state index < -0.39 is 28.5 Å². The van der Waals surface area contributed by atoms with E-state index in [2.05, 4.69) is 5.32 Å². The Labute approximate surface area is 204 Å². The van der Waals surface area contributed by atoms with Gasteiger partial charge in [0.15, 0.2) is 0 Å². The fourth-order valence-corrected chi connectivity index (χ4v) is 4.32. The van der Waals surface area contributed by atoms with Crippen LogP contribution in [0.2, 0.25) is 0 Å². The van der Waals surface area contributed by atoms with Gasteiger partial charge in [0, 0.05) is 17.8 Å². The summed E-state index contributed by atoms with van der Waals surface area (Å²) in [4.78, 5) is 49.5. The molecule has 1 aromatic heterocycles. The Kier molecular flexibility index (Phi) is 6.57. The molecule has 0 aliphatic carbocycles. The van der Waals surface area contributed by atoms with Gasteiger partial charge in [-0.1, -0.05) is 12.1 Å². The van der Waals surface area contributed by atoms with E-state index in [4.69, 9.17) is 4.42 Å². The van der Waals surface area contributed by atoms with E-state index in [0.29, 0.717) is 23.0 Å². The van der Waals surface area contributed by atoms with Gasteiger partial charge in [-0.05, 0) is 79.6 Å². The minimum Gasteiger partial charge on any atom is -0.456 e. The van der Waals surface area contributed by atoms with E-state index in [1.165, 1.54) is 12.1 Å². The average Bonchev–Trinajstić information content (AvgIpc) is 3.36. The number of nitrogens with one attached hydrogen (secondary N) is 1. The van der Waals surface area contributed by atoms with Gasteiger partial charge in [0.2, 0.25) is 5.91 Å². The van der Waals surface area contributed by atoms with E-state index >= 15 is 0 Å². The molecule has 9 nitrogen and oxygen atoms in total. The molecule has 0 bridgehead atoms. The minimum absolute atomic E-state index is 0.0910. The Morgan fingerprint density at radius 3 is 2.57 bits per heavy atom. The number of benzene rings is 2. The van der Waals surface area contributed by atoms with Crippen molar-refractivity contribution in [3.8, 4) is 11.3 Å². The number of hydrogen-bond acceptors (Lipinski definition) is 7. The second-order valence-electron chi connectivity index (χ2n) is 8.09. The van der Waals surface area contributed by atoms with Gasteiger partial charge >= 0.3 is 0 Å². The Bertz CT molecular complexity index is 1410. The molecule has 1 fully saturated rings. The number of aryl methyl sites for hydroxylation is 3. The van der Waals surface area contributed by atoms with Crippen molar-refractivity contribution in [2.24, 2.45) is 0 Å². The molecule has 0 atom stereocenters. The lowest BCUT2D eigenvalue weighted by Gasteiger charge is -2.13. The molecule has 4 rings (SSSR count). The molecule has 1 aliphatic rings. The van der Waals surface area contributed by atoms with Crippen LogP contribution >= 0.6 is 11.8 Å². The van der Waals surface area contributed by atoms with Crippen LogP contribution in [-0.2, 0) is 9.59 Å². The number of hydrogen-bond donors (Lipinski definition) is 1. The predicted molar refractivity (Wildman–Crippen MR) is 133 cm³/mol. The first kappa shape index (κ1) is 24.0. The normalized spacial score (nSPS) is 14.6. The molecule has 3 amide bonds. The molecule has 10 heteroatoms. The van der Waals surface area contributed by atoms with Crippen molar-refractivity contribution in [2.75, 3.05) is 11.9 Å². The summed E-state index contributed by atoms with van der Waals surface area (Å²) in [7, 11) is 0. The summed E-state index contributed by atoms with van der Waals surface area (Å²) in [5, 5.41) is 13.5. The van der Waals surface area contributed by atoms with Crippen molar-refractivity contribution in [1.82, 2.24) is 4.90 Å². The highest BCUT2D eigenvalue weighted by Gasteiger charge is 2.36. The van der Waals surface area contributed by atoms with Gasteiger partial charge in [-0.2, -0.15) is 0 Å². The molecule has 35 heavy (non-hydrogen) atoms. The second-order valence-corrected chi connectivity index (χ2v) is 9.09. The van der Waals surface area contributed by atoms with Crippen LogP contribution in [0, 0.1) is 30.9 Å². The van der Waals surface area contributed by atoms with Crippen LogP contribution in [0.5, 0.6) is 0 Å². The molecule has 0 spiro atoms. The lowest BCUT2D eigenvalue weighted by Crippen LogP contribution is -2.36. The third-order valence-corrected chi connectivity index (χ3v) is 6.39. The Balaban J connectivity index is 1.49. The smallest absolute Gasteiger partial charge is 0.294 e. The SMILES string of the molecule is Cc1ccc(-c2ccc(/C=C3/SC(=O)N(CC(=O)Nc4ccc(C)c(C)c4)C3=O)o2)c([N+](=O)[O-])c1. The number of imide groups is 1. The van der Waals surface area contributed by atoms with E-state index in [-0.39, 0.29) is 22.1 Å². The van der Waals surface area contributed by atoms with Crippen LogP contribution in [0.15, 0.2) is 57.9 Å². The third kappa shape index (κ3) is 5.17. The van der Waals surface area contributed by atoms with Crippen LogP contribution in [0.1, 0.15) is 22.5 Å². The summed E-state index contributed by atoms with van der Waals surface area (Å²) in [5.74, 6) is -0.604. The number of amides is 3. The molecular weight excluding hydrogens is 470 g/mol. The van der Waals surface area contributed by atoms with Crippen molar-refractivity contribution in [3.05, 3.63) is 86.0 Å². The molecule has 178 valence electrons. The number of anilines is 1. The first-order valence-electron chi connectivity index (χ1n) is 10.6. The highest BCUT2D eigenvalue weighted by Crippen LogP contribution is 2.35. The van der Waals surface area contributed by atoms with Gasteiger partial charge in [0.05, 0.1) is 15.4 Å².